The Kier molecular flexibility index (Phi) is 7.04. The van der Waals surface area contributed by atoms with Crippen LogP contribution < -0.4 is 10.6 Å². The van der Waals surface area contributed by atoms with Gasteiger partial charge in [0, 0.05) is 50.0 Å². The summed E-state index contributed by atoms with van der Waals surface area (Å²) in [5.41, 5.74) is 4.04. The van der Waals surface area contributed by atoms with E-state index in [4.69, 9.17) is 4.99 Å². The molecule has 150 valence electrons. The average Bonchev–Trinajstić information content (AvgIpc) is 2.72. The molecule has 0 fully saturated rings. The lowest BCUT2D eigenvalue weighted by molar-refractivity contribution is 0.111. The SMILES string of the molecule is CCNC(=NCC(C)(C)N1CCc2ccccc2C1)NCCc1ccccn1. The van der Waals surface area contributed by atoms with Gasteiger partial charge < -0.3 is 10.6 Å². The summed E-state index contributed by atoms with van der Waals surface area (Å²) in [5.74, 6) is 0.879. The van der Waals surface area contributed by atoms with Crippen molar-refractivity contribution < 1.29 is 0 Å². The summed E-state index contributed by atoms with van der Waals surface area (Å²) in [5, 5.41) is 6.80. The van der Waals surface area contributed by atoms with Gasteiger partial charge in [-0.2, -0.15) is 0 Å². The van der Waals surface area contributed by atoms with Crippen LogP contribution in [0.1, 0.15) is 37.6 Å². The largest absolute Gasteiger partial charge is 0.357 e. The summed E-state index contributed by atoms with van der Waals surface area (Å²) in [4.78, 5) is 11.8. The lowest BCUT2D eigenvalue weighted by atomic mass is 9.94. The molecular formula is C23H33N5. The first kappa shape index (κ1) is 20.3. The first-order valence-corrected chi connectivity index (χ1v) is 10.3. The van der Waals surface area contributed by atoms with Crippen LogP contribution in [-0.2, 0) is 19.4 Å². The number of nitrogens with one attached hydrogen (secondary N) is 2. The zero-order valence-corrected chi connectivity index (χ0v) is 17.4. The Morgan fingerprint density at radius 1 is 1.11 bits per heavy atom. The van der Waals surface area contributed by atoms with Crippen molar-refractivity contribution >= 4 is 5.96 Å². The molecule has 1 aromatic carbocycles. The molecule has 28 heavy (non-hydrogen) atoms. The Labute approximate surface area is 169 Å². The molecule has 5 heteroatoms. The Morgan fingerprint density at radius 2 is 1.89 bits per heavy atom. The Morgan fingerprint density at radius 3 is 2.64 bits per heavy atom. The maximum Gasteiger partial charge on any atom is 0.191 e. The van der Waals surface area contributed by atoms with E-state index in [1.807, 2.05) is 18.3 Å². The molecule has 1 aliphatic heterocycles. The molecular weight excluding hydrogens is 346 g/mol. The molecule has 0 unspecified atom stereocenters. The summed E-state index contributed by atoms with van der Waals surface area (Å²) in [6, 6.07) is 14.8. The van der Waals surface area contributed by atoms with Crippen LogP contribution in [0.5, 0.6) is 0 Å². The van der Waals surface area contributed by atoms with E-state index in [1.165, 1.54) is 11.1 Å². The fourth-order valence-electron chi connectivity index (χ4n) is 3.58. The monoisotopic (exact) mass is 379 g/mol. The fraction of sp³-hybridized carbons (Fsp3) is 0.478. The summed E-state index contributed by atoms with van der Waals surface area (Å²) in [6.07, 6.45) is 3.84. The molecule has 0 aliphatic carbocycles. The predicted octanol–water partition coefficient (Wildman–Crippen LogP) is 3.02. The van der Waals surface area contributed by atoms with Gasteiger partial charge in [0.15, 0.2) is 5.96 Å². The second-order valence-corrected chi connectivity index (χ2v) is 7.95. The van der Waals surface area contributed by atoms with Gasteiger partial charge >= 0.3 is 0 Å². The van der Waals surface area contributed by atoms with Gasteiger partial charge in [-0.05, 0) is 50.5 Å². The second-order valence-electron chi connectivity index (χ2n) is 7.95. The van der Waals surface area contributed by atoms with Gasteiger partial charge in [-0.25, -0.2) is 0 Å². The molecule has 2 heterocycles. The highest BCUT2D eigenvalue weighted by molar-refractivity contribution is 5.79. The van der Waals surface area contributed by atoms with Gasteiger partial charge in [0.05, 0.1) is 6.54 Å². The maximum absolute atomic E-state index is 4.88. The van der Waals surface area contributed by atoms with Crippen molar-refractivity contribution in [3.63, 3.8) is 0 Å². The van der Waals surface area contributed by atoms with Crippen LogP contribution in [0.4, 0.5) is 0 Å². The smallest absolute Gasteiger partial charge is 0.191 e. The van der Waals surface area contributed by atoms with Gasteiger partial charge in [-0.3, -0.25) is 14.9 Å². The molecule has 2 aromatic rings. The third-order valence-corrected chi connectivity index (χ3v) is 5.35. The third kappa shape index (κ3) is 5.55. The standard InChI is InChI=1S/C23H33N5/c1-4-24-22(26-15-12-21-11-7-8-14-25-21)27-18-23(2,3)28-16-13-19-9-5-6-10-20(19)17-28/h5-11,14H,4,12-13,15-18H2,1-3H3,(H2,24,26,27). The molecule has 0 bridgehead atoms. The number of nitrogens with zero attached hydrogens (tertiary/aromatic N) is 3. The summed E-state index contributed by atoms with van der Waals surface area (Å²) >= 11 is 0. The minimum atomic E-state index is 0.0108. The van der Waals surface area contributed by atoms with E-state index >= 15 is 0 Å². The quantitative estimate of drug-likeness (QED) is 0.574. The van der Waals surface area contributed by atoms with Crippen LogP contribution in [0.2, 0.25) is 0 Å². The minimum absolute atomic E-state index is 0.0108. The molecule has 0 saturated heterocycles. The van der Waals surface area contributed by atoms with Crippen LogP contribution in [0.3, 0.4) is 0 Å². The highest BCUT2D eigenvalue weighted by Gasteiger charge is 2.29. The van der Waals surface area contributed by atoms with E-state index in [2.05, 4.69) is 71.6 Å². The Bertz CT molecular complexity index is 770. The van der Waals surface area contributed by atoms with Crippen LogP contribution in [0, 0.1) is 0 Å². The fourth-order valence-corrected chi connectivity index (χ4v) is 3.58. The van der Waals surface area contributed by atoms with Gasteiger partial charge in [-0.15, -0.1) is 0 Å². The van der Waals surface area contributed by atoms with Crippen molar-refractivity contribution in [1.29, 1.82) is 0 Å². The summed E-state index contributed by atoms with van der Waals surface area (Å²) in [7, 11) is 0. The number of hydrogen-bond donors (Lipinski definition) is 2. The second kappa shape index (κ2) is 9.69. The number of benzene rings is 1. The number of aliphatic imine (C=N–C) groups is 1. The highest BCUT2D eigenvalue weighted by Crippen LogP contribution is 2.25. The predicted molar refractivity (Wildman–Crippen MR) is 117 cm³/mol. The van der Waals surface area contributed by atoms with Crippen molar-refractivity contribution in [2.45, 2.75) is 45.7 Å². The molecule has 0 radical (unpaired) electrons. The summed E-state index contributed by atoms with van der Waals surface area (Å²) < 4.78 is 0. The third-order valence-electron chi connectivity index (χ3n) is 5.35. The van der Waals surface area contributed by atoms with Crippen molar-refractivity contribution in [1.82, 2.24) is 20.5 Å². The molecule has 3 rings (SSSR count). The number of guanidine groups is 1. The first-order valence-electron chi connectivity index (χ1n) is 10.3. The number of fused-ring (bicyclic) bond motifs is 1. The van der Waals surface area contributed by atoms with Gasteiger partial charge in [0.1, 0.15) is 0 Å². The molecule has 0 amide bonds. The molecule has 2 N–H and O–H groups in total. The number of pyridine rings is 1. The topological polar surface area (TPSA) is 52.6 Å². The molecule has 0 atom stereocenters. The van der Waals surface area contributed by atoms with E-state index in [1.54, 1.807) is 0 Å². The first-order chi connectivity index (χ1) is 13.6. The van der Waals surface area contributed by atoms with Gasteiger partial charge in [0.25, 0.3) is 0 Å². The highest BCUT2D eigenvalue weighted by atomic mass is 15.2. The summed E-state index contributed by atoms with van der Waals surface area (Å²) in [6.45, 7) is 11.2. The number of hydrogen-bond acceptors (Lipinski definition) is 3. The average molecular weight is 380 g/mol. The van der Waals surface area contributed by atoms with Crippen LogP contribution in [0.15, 0.2) is 53.7 Å². The van der Waals surface area contributed by atoms with E-state index < -0.39 is 0 Å². The molecule has 1 aliphatic rings. The number of aromatic nitrogens is 1. The molecule has 0 saturated carbocycles. The van der Waals surface area contributed by atoms with Gasteiger partial charge in [0.2, 0.25) is 0 Å². The molecule has 0 spiro atoms. The molecule has 5 nitrogen and oxygen atoms in total. The lowest BCUT2D eigenvalue weighted by Crippen LogP contribution is -2.49. The van der Waals surface area contributed by atoms with E-state index in [0.29, 0.717) is 0 Å². The molecule has 1 aromatic heterocycles. The van der Waals surface area contributed by atoms with Crippen molar-refractivity contribution in [2.24, 2.45) is 4.99 Å². The maximum atomic E-state index is 4.88. The van der Waals surface area contributed by atoms with Crippen molar-refractivity contribution in [2.75, 3.05) is 26.2 Å². The minimum Gasteiger partial charge on any atom is -0.357 e. The van der Waals surface area contributed by atoms with Gasteiger partial charge in [-0.1, -0.05) is 30.3 Å². The van der Waals surface area contributed by atoms with E-state index in [0.717, 1.165) is 57.2 Å². The zero-order valence-electron chi connectivity index (χ0n) is 17.4. The lowest BCUT2D eigenvalue weighted by Gasteiger charge is -2.40. The Balaban J connectivity index is 1.56. The zero-order chi connectivity index (χ0) is 19.8. The Hall–Kier alpha value is -2.40. The van der Waals surface area contributed by atoms with Crippen LogP contribution in [-0.4, -0.2) is 47.6 Å². The van der Waals surface area contributed by atoms with Crippen LogP contribution in [0.25, 0.3) is 0 Å². The van der Waals surface area contributed by atoms with Crippen molar-refractivity contribution in [3.05, 3.63) is 65.5 Å². The van der Waals surface area contributed by atoms with Crippen molar-refractivity contribution in [3.8, 4) is 0 Å². The normalized spacial score (nSPS) is 15.2. The number of rotatable bonds is 7. The van der Waals surface area contributed by atoms with Crippen LogP contribution >= 0.6 is 0 Å². The van der Waals surface area contributed by atoms with E-state index in [-0.39, 0.29) is 5.54 Å². The van der Waals surface area contributed by atoms with E-state index in [9.17, 15) is 0 Å².